The molecule has 6 nitrogen and oxygen atoms in total. The van der Waals surface area contributed by atoms with E-state index in [1.165, 1.54) is 12.1 Å². The second-order valence-electron chi connectivity index (χ2n) is 3.88. The average Bonchev–Trinajstić information content (AvgIpc) is 2.46. The molecule has 1 rings (SSSR count). The number of ether oxygens (including phenoxy) is 4. The van der Waals surface area contributed by atoms with Crippen molar-refractivity contribution in [2.75, 3.05) is 46.8 Å². The second-order valence-corrected chi connectivity index (χ2v) is 3.88. The molecule has 20 heavy (non-hydrogen) atoms. The number of benzene rings is 1. The van der Waals surface area contributed by atoms with Crippen LogP contribution in [0, 0.1) is 0 Å². The summed E-state index contributed by atoms with van der Waals surface area (Å²) < 4.78 is 20.7. The van der Waals surface area contributed by atoms with Crippen LogP contribution >= 0.6 is 0 Å². The van der Waals surface area contributed by atoms with Crippen LogP contribution in [-0.4, -0.2) is 52.7 Å². The number of rotatable bonds is 11. The van der Waals surface area contributed by atoms with E-state index in [9.17, 15) is 9.90 Å². The quantitative estimate of drug-likeness (QED) is 0.536. The summed E-state index contributed by atoms with van der Waals surface area (Å²) in [7, 11) is 1.62. The maximum atomic E-state index is 10.5. The molecule has 0 radical (unpaired) electrons. The fourth-order valence-electron chi connectivity index (χ4n) is 1.37. The van der Waals surface area contributed by atoms with Gasteiger partial charge in [0, 0.05) is 7.11 Å². The number of carboxylic acids is 1. The van der Waals surface area contributed by atoms with Crippen molar-refractivity contribution in [2.45, 2.75) is 0 Å². The van der Waals surface area contributed by atoms with Crippen LogP contribution in [0.3, 0.4) is 0 Å². The lowest BCUT2D eigenvalue weighted by molar-refractivity contribution is -0.255. The summed E-state index contributed by atoms with van der Waals surface area (Å²) in [6.07, 6.45) is 0. The van der Waals surface area contributed by atoms with Gasteiger partial charge in [-0.25, -0.2) is 0 Å². The Hall–Kier alpha value is -1.63. The molecule has 0 atom stereocenters. The van der Waals surface area contributed by atoms with Crippen molar-refractivity contribution in [2.24, 2.45) is 0 Å². The molecule has 0 amide bonds. The molecule has 0 aliphatic rings. The number of carboxylic acid groups (broad SMARTS) is 1. The lowest BCUT2D eigenvalue weighted by Crippen LogP contribution is -2.21. The van der Waals surface area contributed by atoms with Gasteiger partial charge in [0.05, 0.1) is 39.0 Å². The van der Waals surface area contributed by atoms with Crippen LogP contribution in [0.2, 0.25) is 0 Å². The molecule has 6 heteroatoms. The largest absolute Gasteiger partial charge is 0.545 e. The van der Waals surface area contributed by atoms with Gasteiger partial charge in [-0.05, 0) is 29.8 Å². The highest BCUT2D eigenvalue weighted by molar-refractivity contribution is 5.85. The number of methoxy groups -OCH3 is 1. The molecule has 1 aromatic rings. The summed E-state index contributed by atoms with van der Waals surface area (Å²) in [6, 6.07) is 6.04. The number of hydrogen-bond acceptors (Lipinski definition) is 6. The molecule has 0 bridgehead atoms. The Balaban J connectivity index is 2.02. The smallest absolute Gasteiger partial charge is 0.119 e. The normalized spacial score (nSPS) is 10.4. The third-order valence-electron chi connectivity index (χ3n) is 2.39. The Morgan fingerprint density at radius 1 is 0.950 bits per heavy atom. The van der Waals surface area contributed by atoms with Crippen LogP contribution in [-0.2, 0) is 14.2 Å². The molecule has 0 fully saturated rings. The van der Waals surface area contributed by atoms with E-state index in [1.807, 2.05) is 0 Å². The van der Waals surface area contributed by atoms with Crippen molar-refractivity contribution in [1.82, 2.24) is 0 Å². The van der Waals surface area contributed by atoms with Gasteiger partial charge < -0.3 is 28.8 Å². The monoisotopic (exact) mass is 283 g/mol. The summed E-state index contributed by atoms with van der Waals surface area (Å²) >= 11 is 0. The Labute approximate surface area is 118 Å². The zero-order valence-corrected chi connectivity index (χ0v) is 11.5. The van der Waals surface area contributed by atoms with Gasteiger partial charge in [-0.3, -0.25) is 0 Å². The summed E-state index contributed by atoms with van der Waals surface area (Å²) in [4.78, 5) is 10.5. The van der Waals surface area contributed by atoms with E-state index >= 15 is 0 Å². The first-order chi connectivity index (χ1) is 9.74. The molecular formula is C14H19O6-. The summed E-state index contributed by atoms with van der Waals surface area (Å²) in [5.74, 6) is -0.608. The van der Waals surface area contributed by atoms with Crippen molar-refractivity contribution in [3.63, 3.8) is 0 Å². The van der Waals surface area contributed by atoms with E-state index in [0.717, 1.165) is 0 Å². The lowest BCUT2D eigenvalue weighted by Gasteiger charge is -2.08. The standard InChI is InChI=1S/C14H20O6/c1-17-6-7-18-8-9-19-10-11-20-13-4-2-12(3-5-13)14(15)16/h2-5H,6-11H2,1H3,(H,15,16)/p-1. The zero-order valence-electron chi connectivity index (χ0n) is 11.5. The van der Waals surface area contributed by atoms with Gasteiger partial charge in [0.25, 0.3) is 0 Å². The summed E-state index contributed by atoms with van der Waals surface area (Å²) in [5, 5.41) is 10.5. The first-order valence-corrected chi connectivity index (χ1v) is 6.32. The Morgan fingerprint density at radius 3 is 2.05 bits per heavy atom. The van der Waals surface area contributed by atoms with Gasteiger partial charge in [-0.1, -0.05) is 0 Å². The fourth-order valence-corrected chi connectivity index (χ4v) is 1.37. The molecule has 0 aliphatic carbocycles. The van der Waals surface area contributed by atoms with E-state index in [4.69, 9.17) is 18.9 Å². The SMILES string of the molecule is COCCOCCOCCOc1ccc(C(=O)[O-])cc1. The first-order valence-electron chi connectivity index (χ1n) is 6.32. The first kappa shape index (κ1) is 16.4. The van der Waals surface area contributed by atoms with Crippen LogP contribution in [0.15, 0.2) is 24.3 Å². The van der Waals surface area contributed by atoms with Crippen LogP contribution in [0.4, 0.5) is 0 Å². The number of aromatic carboxylic acids is 1. The number of carbonyl (C=O) groups excluding carboxylic acids is 1. The molecule has 0 aromatic heterocycles. The minimum atomic E-state index is -1.20. The molecule has 0 heterocycles. The van der Waals surface area contributed by atoms with Crippen molar-refractivity contribution < 1.29 is 28.8 Å². The highest BCUT2D eigenvalue weighted by Gasteiger charge is 1.96. The minimum absolute atomic E-state index is 0.127. The van der Waals surface area contributed by atoms with E-state index < -0.39 is 5.97 Å². The van der Waals surface area contributed by atoms with Gasteiger partial charge in [-0.15, -0.1) is 0 Å². The van der Waals surface area contributed by atoms with Crippen LogP contribution in [0.5, 0.6) is 5.75 Å². The Bertz CT molecular complexity index is 376. The van der Waals surface area contributed by atoms with Crippen molar-refractivity contribution in [3.8, 4) is 5.75 Å². The summed E-state index contributed by atoms with van der Waals surface area (Å²) in [5.41, 5.74) is 0.127. The predicted octanol–water partition coefficient (Wildman–Crippen LogP) is 0.108. The molecule has 0 aliphatic heterocycles. The predicted molar refractivity (Wildman–Crippen MR) is 69.8 cm³/mol. The minimum Gasteiger partial charge on any atom is -0.545 e. The Morgan fingerprint density at radius 2 is 1.50 bits per heavy atom. The number of hydrogen-bond donors (Lipinski definition) is 0. The van der Waals surface area contributed by atoms with Crippen LogP contribution in [0.1, 0.15) is 10.4 Å². The molecule has 0 N–H and O–H groups in total. The van der Waals surface area contributed by atoms with Crippen LogP contribution < -0.4 is 9.84 Å². The third kappa shape index (κ3) is 7.08. The van der Waals surface area contributed by atoms with Gasteiger partial charge in [-0.2, -0.15) is 0 Å². The van der Waals surface area contributed by atoms with E-state index in [1.54, 1.807) is 19.2 Å². The van der Waals surface area contributed by atoms with Crippen LogP contribution in [0.25, 0.3) is 0 Å². The molecule has 0 unspecified atom stereocenters. The molecule has 0 spiro atoms. The maximum absolute atomic E-state index is 10.5. The molecular weight excluding hydrogens is 264 g/mol. The highest BCUT2D eigenvalue weighted by atomic mass is 16.6. The van der Waals surface area contributed by atoms with Gasteiger partial charge in [0.1, 0.15) is 12.4 Å². The molecule has 0 saturated heterocycles. The van der Waals surface area contributed by atoms with Crippen molar-refractivity contribution in [3.05, 3.63) is 29.8 Å². The molecule has 112 valence electrons. The van der Waals surface area contributed by atoms with Crippen molar-refractivity contribution in [1.29, 1.82) is 0 Å². The molecule has 0 saturated carbocycles. The Kier molecular flexibility index (Phi) is 8.37. The van der Waals surface area contributed by atoms with Gasteiger partial charge in [0.15, 0.2) is 0 Å². The van der Waals surface area contributed by atoms with Crippen molar-refractivity contribution >= 4 is 5.97 Å². The highest BCUT2D eigenvalue weighted by Crippen LogP contribution is 2.11. The second kappa shape index (κ2) is 10.2. The zero-order chi connectivity index (χ0) is 14.6. The van der Waals surface area contributed by atoms with E-state index in [-0.39, 0.29) is 5.56 Å². The van der Waals surface area contributed by atoms with Gasteiger partial charge in [0.2, 0.25) is 0 Å². The van der Waals surface area contributed by atoms with E-state index in [2.05, 4.69) is 0 Å². The third-order valence-corrected chi connectivity index (χ3v) is 2.39. The topological polar surface area (TPSA) is 77.0 Å². The fraction of sp³-hybridized carbons (Fsp3) is 0.500. The lowest BCUT2D eigenvalue weighted by atomic mass is 10.2. The summed E-state index contributed by atoms with van der Waals surface area (Å²) in [6.45, 7) is 2.98. The van der Waals surface area contributed by atoms with E-state index in [0.29, 0.717) is 45.4 Å². The maximum Gasteiger partial charge on any atom is 0.119 e. The molecule has 1 aromatic carbocycles. The number of carbonyl (C=O) groups is 1. The van der Waals surface area contributed by atoms with Gasteiger partial charge >= 0.3 is 0 Å². The average molecular weight is 283 g/mol.